The maximum Gasteiger partial charge on any atom is 0.573 e. The molecule has 9 rings (SSSR count). The lowest BCUT2D eigenvalue weighted by molar-refractivity contribution is -0.274. The van der Waals surface area contributed by atoms with E-state index in [1.54, 1.807) is 35.5 Å². The van der Waals surface area contributed by atoms with Gasteiger partial charge >= 0.3 is 6.36 Å². The molecule has 0 radical (unpaired) electrons. The van der Waals surface area contributed by atoms with Gasteiger partial charge in [-0.25, -0.2) is 10.8 Å². The monoisotopic (exact) mass is 912 g/mol. The van der Waals surface area contributed by atoms with Crippen molar-refractivity contribution in [1.82, 2.24) is 30.5 Å². The number of nitrogens with one attached hydrogen (secondary N) is 5. The second-order valence-corrected chi connectivity index (χ2v) is 18.2. The van der Waals surface area contributed by atoms with Gasteiger partial charge in [0.25, 0.3) is 11.8 Å². The quantitative estimate of drug-likeness (QED) is 0.0337. The van der Waals surface area contributed by atoms with Gasteiger partial charge in [0, 0.05) is 68.2 Å². The molecule has 66 heavy (non-hydrogen) atoms. The number of piperidine rings is 1. The van der Waals surface area contributed by atoms with Crippen molar-refractivity contribution in [3.63, 3.8) is 0 Å². The summed E-state index contributed by atoms with van der Waals surface area (Å²) >= 11 is 0. The lowest BCUT2D eigenvalue weighted by Crippen LogP contribution is -2.59. The molecule has 20 heteroatoms. The fraction of sp³-hybridized carbons (Fsp3) is 0.500. The van der Waals surface area contributed by atoms with Crippen molar-refractivity contribution < 1.29 is 37.1 Å². The molecular formula is C46H55F3N12O5. The first-order valence-electron chi connectivity index (χ1n) is 22.6. The Morgan fingerprint density at radius 1 is 1.00 bits per heavy atom. The Hall–Kier alpha value is -6.46. The SMILES string of the molecule is N#Cc1cnc(NCc2ccccc2OC(F)(F)F)nc1NCC12CC3CC(C1)C(NCCCCCN(N)/C=C(\N)CCNc1cccc4c1C(=O)N(C1CCC(=O)NC1=O)C4=O)C(C3)C2. The number of unbranched alkanes of at least 4 members (excludes halogenated alkanes) is 2. The Labute approximate surface area is 380 Å². The number of nitrogens with zero attached hydrogens (tertiary/aromatic N) is 5. The smallest absolute Gasteiger partial charge is 0.405 e. The summed E-state index contributed by atoms with van der Waals surface area (Å²) in [5.41, 5.74) is 8.37. The number of benzene rings is 2. The second kappa shape index (κ2) is 19.6. The summed E-state index contributed by atoms with van der Waals surface area (Å²) in [7, 11) is 0. The van der Waals surface area contributed by atoms with Crippen molar-refractivity contribution in [1.29, 1.82) is 5.26 Å². The fourth-order valence-corrected chi connectivity index (χ4v) is 11.0. The van der Waals surface area contributed by atoms with E-state index < -0.39 is 36.0 Å². The predicted molar refractivity (Wildman–Crippen MR) is 237 cm³/mol. The molecule has 2 aliphatic heterocycles. The summed E-state index contributed by atoms with van der Waals surface area (Å²) in [6.45, 7) is 2.58. The van der Waals surface area contributed by atoms with Crippen LogP contribution in [0.4, 0.5) is 30.6 Å². The van der Waals surface area contributed by atoms with Gasteiger partial charge in [-0.2, -0.15) is 10.2 Å². The number of rotatable bonds is 20. The molecule has 3 aromatic rings. The van der Waals surface area contributed by atoms with Crippen LogP contribution in [0.5, 0.6) is 5.75 Å². The Kier molecular flexibility index (Phi) is 13.7. The molecule has 350 valence electrons. The Bertz CT molecular complexity index is 2390. The molecule has 9 N–H and O–H groups in total. The number of carbonyl (C=O) groups is 4. The van der Waals surface area contributed by atoms with E-state index in [1.807, 2.05) is 0 Å². The van der Waals surface area contributed by atoms with Crippen LogP contribution in [0.25, 0.3) is 0 Å². The molecule has 4 amide bonds. The summed E-state index contributed by atoms with van der Waals surface area (Å²) in [5, 5.41) is 27.2. The standard InChI is InChI=1S/C46H55F3N12O5/c47-46(48,49)66-36-10-3-2-7-28(36)23-55-44-56-24-31(22-50)40(59-44)57-26-45-19-27-17-29(20-45)39(30(18-27)21-45)54-14-4-1-5-16-60(52)25-32(51)13-15-53-34-9-6-8-33-38(34)43(65)61(42(33)64)35-11-12-37(62)58-41(35)63/h2-3,6-10,24-25,27,29-30,35,39,53-54H,1,4-5,11-21,23,26,51-52H2,(H,58,62,63)(H2,55,56,57,59)/b32-25-. The molecule has 5 fully saturated rings. The molecule has 1 aromatic heterocycles. The van der Waals surface area contributed by atoms with Gasteiger partial charge in [-0.1, -0.05) is 30.7 Å². The number of carbonyl (C=O) groups excluding carboxylic acids is 4. The van der Waals surface area contributed by atoms with Gasteiger partial charge in [0.15, 0.2) is 0 Å². The van der Waals surface area contributed by atoms with E-state index in [4.69, 9.17) is 11.6 Å². The van der Waals surface area contributed by atoms with Crippen molar-refractivity contribution >= 4 is 41.1 Å². The number of fused-ring (bicyclic) bond motifs is 1. The number of amides is 4. The highest BCUT2D eigenvalue weighted by Crippen LogP contribution is 2.60. The average molecular weight is 913 g/mol. The molecule has 4 saturated carbocycles. The summed E-state index contributed by atoms with van der Waals surface area (Å²) in [6.07, 6.45) is 7.45. The maximum atomic E-state index is 13.4. The number of nitrogens with two attached hydrogens (primary N) is 2. The summed E-state index contributed by atoms with van der Waals surface area (Å²) in [4.78, 5) is 60.3. The molecule has 4 aliphatic carbocycles. The lowest BCUT2D eigenvalue weighted by atomic mass is 9.48. The van der Waals surface area contributed by atoms with E-state index in [-0.39, 0.29) is 53.2 Å². The molecule has 3 unspecified atom stereocenters. The van der Waals surface area contributed by atoms with Crippen molar-refractivity contribution in [2.24, 2.45) is 34.7 Å². The van der Waals surface area contributed by atoms with E-state index in [0.717, 1.165) is 50.0 Å². The van der Waals surface area contributed by atoms with Crippen molar-refractivity contribution in [2.75, 3.05) is 42.1 Å². The number of hydrogen-bond donors (Lipinski definition) is 7. The third-order valence-corrected chi connectivity index (χ3v) is 13.6. The number of aromatic nitrogens is 2. The Morgan fingerprint density at radius 2 is 1.79 bits per heavy atom. The fourth-order valence-electron chi connectivity index (χ4n) is 11.0. The number of alkyl halides is 3. The molecular weight excluding hydrogens is 858 g/mol. The minimum Gasteiger partial charge on any atom is -0.405 e. The number of halogens is 3. The predicted octanol–water partition coefficient (Wildman–Crippen LogP) is 5.10. The van der Waals surface area contributed by atoms with Crippen molar-refractivity contribution in [2.45, 2.75) is 95.6 Å². The summed E-state index contributed by atoms with van der Waals surface area (Å²) in [5.74, 6) is 6.12. The van der Waals surface area contributed by atoms with Crippen LogP contribution in [-0.2, 0) is 16.1 Å². The molecule has 1 saturated heterocycles. The van der Waals surface area contributed by atoms with E-state index >= 15 is 0 Å². The van der Waals surface area contributed by atoms with Gasteiger partial charge < -0.3 is 36.7 Å². The molecule has 6 aliphatic rings. The largest absolute Gasteiger partial charge is 0.573 e. The molecule has 17 nitrogen and oxygen atoms in total. The Balaban J connectivity index is 0.746. The van der Waals surface area contributed by atoms with Gasteiger partial charge in [-0.3, -0.25) is 29.4 Å². The van der Waals surface area contributed by atoms with Crippen LogP contribution >= 0.6 is 0 Å². The van der Waals surface area contributed by atoms with Crippen molar-refractivity contribution in [3.8, 4) is 11.8 Å². The van der Waals surface area contributed by atoms with Crippen LogP contribution in [0.1, 0.15) is 102 Å². The van der Waals surface area contributed by atoms with E-state index in [0.29, 0.717) is 72.6 Å². The Morgan fingerprint density at radius 3 is 2.55 bits per heavy atom. The molecule has 3 atom stereocenters. The highest BCUT2D eigenvalue weighted by atomic mass is 19.4. The number of anilines is 3. The zero-order valence-electron chi connectivity index (χ0n) is 36.5. The third-order valence-electron chi connectivity index (χ3n) is 13.6. The molecule has 0 spiro atoms. The number of nitriles is 1. The van der Waals surface area contributed by atoms with E-state index in [9.17, 15) is 37.6 Å². The van der Waals surface area contributed by atoms with Crippen LogP contribution in [0, 0.1) is 34.5 Å². The molecule has 3 heterocycles. The molecule has 2 aromatic carbocycles. The third kappa shape index (κ3) is 10.5. The normalized spacial score (nSPS) is 24.5. The number of imide groups is 2. The van der Waals surface area contributed by atoms with Crippen molar-refractivity contribution in [3.05, 3.63) is 82.8 Å². The highest BCUT2D eigenvalue weighted by Gasteiger charge is 2.55. The second-order valence-electron chi connectivity index (χ2n) is 18.2. The van der Waals surface area contributed by atoms with Crippen LogP contribution in [0.3, 0.4) is 0 Å². The van der Waals surface area contributed by atoms with Gasteiger partial charge in [0.1, 0.15) is 29.2 Å². The summed E-state index contributed by atoms with van der Waals surface area (Å²) < 4.78 is 43.0. The van der Waals surface area contributed by atoms with Crippen LogP contribution in [-0.4, -0.2) is 88.1 Å². The van der Waals surface area contributed by atoms with Gasteiger partial charge in [-0.05, 0) is 99.3 Å². The highest BCUT2D eigenvalue weighted by molar-refractivity contribution is 6.25. The van der Waals surface area contributed by atoms with Crippen LogP contribution in [0.2, 0.25) is 0 Å². The van der Waals surface area contributed by atoms with Gasteiger partial charge in [0.2, 0.25) is 17.8 Å². The van der Waals surface area contributed by atoms with Crippen LogP contribution < -0.4 is 42.9 Å². The molecule has 4 bridgehead atoms. The average Bonchev–Trinajstić information content (AvgIpc) is 3.52. The first-order valence-corrected chi connectivity index (χ1v) is 22.6. The number of para-hydroxylation sites is 1. The first-order chi connectivity index (χ1) is 31.7. The maximum absolute atomic E-state index is 13.4. The minimum atomic E-state index is -4.82. The zero-order valence-corrected chi connectivity index (χ0v) is 36.5. The summed E-state index contributed by atoms with van der Waals surface area (Å²) in [6, 6.07) is 12.4. The lowest BCUT2D eigenvalue weighted by Gasteiger charge is -2.60. The topological polar surface area (TPSA) is 246 Å². The van der Waals surface area contributed by atoms with E-state index in [2.05, 4.69) is 47.4 Å². The van der Waals surface area contributed by atoms with Crippen LogP contribution in [0.15, 0.2) is 60.6 Å². The zero-order chi connectivity index (χ0) is 46.6. The van der Waals surface area contributed by atoms with Gasteiger partial charge in [0.05, 0.1) is 17.3 Å². The van der Waals surface area contributed by atoms with E-state index in [1.165, 1.54) is 37.2 Å². The number of ether oxygens (including phenoxy) is 1. The van der Waals surface area contributed by atoms with Gasteiger partial charge in [-0.15, -0.1) is 13.2 Å². The number of hydrazine groups is 1. The first kappa shape index (κ1) is 46.1. The number of hydrogen-bond acceptors (Lipinski definition) is 15. The minimum absolute atomic E-state index is 0.00671.